The van der Waals surface area contributed by atoms with Gasteiger partial charge in [0.15, 0.2) is 0 Å². The molecule has 0 radical (unpaired) electrons. The highest BCUT2D eigenvalue weighted by Crippen LogP contribution is 2.20. The summed E-state index contributed by atoms with van der Waals surface area (Å²) in [6.07, 6.45) is 3.84. The Kier molecular flexibility index (Phi) is 5.19. The van der Waals surface area contributed by atoms with Crippen LogP contribution in [0.4, 0.5) is 0 Å². The maximum absolute atomic E-state index is 12.3. The van der Waals surface area contributed by atoms with Crippen LogP contribution in [-0.2, 0) is 14.9 Å². The normalized spacial score (nSPS) is 31.5. The van der Waals surface area contributed by atoms with Crippen LogP contribution in [0.3, 0.4) is 0 Å². The summed E-state index contributed by atoms with van der Waals surface area (Å²) >= 11 is 0. The van der Waals surface area contributed by atoms with Crippen LogP contribution in [0.1, 0.15) is 32.6 Å². The molecule has 19 heavy (non-hydrogen) atoms. The number of nitrogens with zero attached hydrogens (tertiary/aromatic N) is 1. The Balaban J connectivity index is 1.93. The van der Waals surface area contributed by atoms with Gasteiger partial charge in [0.05, 0.1) is 6.10 Å². The lowest BCUT2D eigenvalue weighted by Gasteiger charge is -2.32. The van der Waals surface area contributed by atoms with Crippen LogP contribution in [0, 0.1) is 5.92 Å². The minimum atomic E-state index is -3.42. The molecule has 6 nitrogen and oxygen atoms in total. The lowest BCUT2D eigenvalue weighted by molar-refractivity contribution is 0.0894. The van der Waals surface area contributed by atoms with E-state index < -0.39 is 10.2 Å². The first-order valence-corrected chi connectivity index (χ1v) is 8.56. The van der Waals surface area contributed by atoms with Crippen LogP contribution >= 0.6 is 0 Å². The van der Waals surface area contributed by atoms with E-state index in [4.69, 9.17) is 10.5 Å². The fraction of sp³-hybridized carbons (Fsp3) is 1.00. The number of hydrogen-bond donors (Lipinski definition) is 2. The van der Waals surface area contributed by atoms with E-state index in [0.717, 1.165) is 32.3 Å². The fourth-order valence-corrected chi connectivity index (χ4v) is 4.37. The molecule has 0 spiro atoms. The fourth-order valence-electron chi connectivity index (χ4n) is 2.82. The predicted molar refractivity (Wildman–Crippen MR) is 73.8 cm³/mol. The van der Waals surface area contributed by atoms with Gasteiger partial charge in [-0.25, -0.2) is 0 Å². The molecule has 3 unspecified atom stereocenters. The molecule has 0 saturated carbocycles. The van der Waals surface area contributed by atoms with Crippen molar-refractivity contribution in [2.75, 3.05) is 26.2 Å². The Bertz CT molecular complexity index is 382. The number of nitrogens with one attached hydrogen (secondary N) is 1. The van der Waals surface area contributed by atoms with E-state index in [0.29, 0.717) is 19.6 Å². The largest absolute Gasteiger partial charge is 0.377 e. The highest BCUT2D eigenvalue weighted by atomic mass is 32.2. The summed E-state index contributed by atoms with van der Waals surface area (Å²) in [7, 11) is -3.42. The van der Waals surface area contributed by atoms with Crippen molar-refractivity contribution in [2.45, 2.75) is 44.8 Å². The van der Waals surface area contributed by atoms with Crippen molar-refractivity contribution >= 4 is 10.2 Å². The highest BCUT2D eigenvalue weighted by molar-refractivity contribution is 7.87. The molecule has 2 aliphatic heterocycles. The van der Waals surface area contributed by atoms with Gasteiger partial charge in [-0.2, -0.15) is 17.4 Å². The Morgan fingerprint density at radius 3 is 2.84 bits per heavy atom. The molecule has 0 aliphatic carbocycles. The molecule has 2 aliphatic rings. The summed E-state index contributed by atoms with van der Waals surface area (Å²) in [4.78, 5) is 0. The highest BCUT2D eigenvalue weighted by Gasteiger charge is 2.32. The van der Waals surface area contributed by atoms with Gasteiger partial charge in [-0.05, 0) is 45.1 Å². The summed E-state index contributed by atoms with van der Waals surface area (Å²) in [5.41, 5.74) is 5.65. The lowest BCUT2D eigenvalue weighted by Crippen LogP contribution is -2.51. The van der Waals surface area contributed by atoms with Crippen molar-refractivity contribution < 1.29 is 13.2 Å². The van der Waals surface area contributed by atoms with Gasteiger partial charge in [0.2, 0.25) is 0 Å². The van der Waals surface area contributed by atoms with E-state index in [1.54, 1.807) is 0 Å². The van der Waals surface area contributed by atoms with E-state index in [-0.39, 0.29) is 18.1 Å². The summed E-state index contributed by atoms with van der Waals surface area (Å²) in [5.74, 6) is 0.281. The molecule has 112 valence electrons. The van der Waals surface area contributed by atoms with Gasteiger partial charge in [0.1, 0.15) is 0 Å². The Morgan fingerprint density at radius 2 is 2.21 bits per heavy atom. The first-order chi connectivity index (χ1) is 9.03. The quantitative estimate of drug-likeness (QED) is 0.750. The third-order valence-electron chi connectivity index (χ3n) is 4.01. The molecule has 0 aromatic heterocycles. The summed E-state index contributed by atoms with van der Waals surface area (Å²) in [6.45, 7) is 4.27. The minimum Gasteiger partial charge on any atom is -0.377 e. The number of rotatable bonds is 5. The van der Waals surface area contributed by atoms with Crippen LogP contribution < -0.4 is 10.5 Å². The van der Waals surface area contributed by atoms with Gasteiger partial charge in [-0.15, -0.1) is 0 Å². The maximum Gasteiger partial charge on any atom is 0.279 e. The Morgan fingerprint density at radius 1 is 1.42 bits per heavy atom. The average Bonchev–Trinajstić information content (AvgIpc) is 2.92. The first-order valence-electron chi connectivity index (χ1n) is 7.12. The van der Waals surface area contributed by atoms with Gasteiger partial charge < -0.3 is 10.5 Å². The van der Waals surface area contributed by atoms with Crippen LogP contribution in [0.2, 0.25) is 0 Å². The second kappa shape index (κ2) is 6.49. The number of piperidine rings is 1. The van der Waals surface area contributed by atoms with E-state index in [1.165, 1.54) is 4.31 Å². The molecule has 0 aromatic carbocycles. The Hall–Kier alpha value is -0.210. The molecule has 2 saturated heterocycles. The summed E-state index contributed by atoms with van der Waals surface area (Å²) in [6, 6.07) is -0.175. The van der Waals surface area contributed by atoms with Crippen molar-refractivity contribution in [2.24, 2.45) is 11.7 Å². The maximum atomic E-state index is 12.3. The van der Waals surface area contributed by atoms with E-state index in [2.05, 4.69) is 4.72 Å². The summed E-state index contributed by atoms with van der Waals surface area (Å²) in [5, 5.41) is 0. The lowest BCUT2D eigenvalue weighted by atomic mass is 10.0. The molecule has 0 aromatic rings. The van der Waals surface area contributed by atoms with E-state index in [1.807, 2.05) is 6.92 Å². The second-order valence-corrected chi connectivity index (χ2v) is 7.27. The molecule has 7 heteroatoms. The second-order valence-electron chi connectivity index (χ2n) is 5.57. The zero-order valence-electron chi connectivity index (χ0n) is 11.5. The zero-order chi connectivity index (χ0) is 13.9. The SMILES string of the molecule is CC(NS(=O)(=O)N1CCCC(CN)C1)C1CCCO1. The topological polar surface area (TPSA) is 84.7 Å². The molecular formula is C12H25N3O3S. The van der Waals surface area contributed by atoms with E-state index in [9.17, 15) is 8.42 Å². The van der Waals surface area contributed by atoms with Crippen molar-refractivity contribution in [1.29, 1.82) is 0 Å². The van der Waals surface area contributed by atoms with Crippen molar-refractivity contribution in [3.63, 3.8) is 0 Å². The monoisotopic (exact) mass is 291 g/mol. The molecule has 0 amide bonds. The third kappa shape index (κ3) is 3.88. The van der Waals surface area contributed by atoms with Crippen molar-refractivity contribution in [3.05, 3.63) is 0 Å². The van der Waals surface area contributed by atoms with Crippen LogP contribution in [0.15, 0.2) is 0 Å². The number of ether oxygens (including phenoxy) is 1. The van der Waals surface area contributed by atoms with Gasteiger partial charge in [-0.1, -0.05) is 0 Å². The summed E-state index contributed by atoms with van der Waals surface area (Å²) < 4.78 is 34.5. The third-order valence-corrected chi connectivity index (χ3v) is 5.69. The number of hydrogen-bond acceptors (Lipinski definition) is 4. The smallest absolute Gasteiger partial charge is 0.279 e. The van der Waals surface area contributed by atoms with Gasteiger partial charge in [0, 0.05) is 25.7 Å². The number of nitrogens with two attached hydrogens (primary N) is 1. The molecule has 3 atom stereocenters. The van der Waals surface area contributed by atoms with Crippen LogP contribution in [-0.4, -0.2) is 51.1 Å². The van der Waals surface area contributed by atoms with Gasteiger partial charge in [-0.3, -0.25) is 0 Å². The molecule has 0 bridgehead atoms. The molecule has 2 rings (SSSR count). The van der Waals surface area contributed by atoms with Crippen molar-refractivity contribution in [3.8, 4) is 0 Å². The van der Waals surface area contributed by atoms with Crippen LogP contribution in [0.5, 0.6) is 0 Å². The molecule has 2 fully saturated rings. The minimum absolute atomic E-state index is 0.00451. The van der Waals surface area contributed by atoms with Gasteiger partial charge in [0.25, 0.3) is 10.2 Å². The van der Waals surface area contributed by atoms with E-state index >= 15 is 0 Å². The predicted octanol–water partition coefficient (Wildman–Crippen LogP) is 0.0590. The molecular weight excluding hydrogens is 266 g/mol. The molecule has 3 N–H and O–H groups in total. The Labute approximate surface area is 115 Å². The standard InChI is InChI=1S/C12H25N3O3S/c1-10(12-5-3-7-18-12)14-19(16,17)15-6-2-4-11(8-13)9-15/h10-12,14H,2-9,13H2,1H3. The van der Waals surface area contributed by atoms with Gasteiger partial charge >= 0.3 is 0 Å². The van der Waals surface area contributed by atoms with Crippen molar-refractivity contribution in [1.82, 2.24) is 9.03 Å². The zero-order valence-corrected chi connectivity index (χ0v) is 12.4. The van der Waals surface area contributed by atoms with Crippen LogP contribution in [0.25, 0.3) is 0 Å². The molecule has 2 heterocycles. The average molecular weight is 291 g/mol. The first kappa shape index (κ1) is 15.2.